The van der Waals surface area contributed by atoms with Crippen molar-refractivity contribution in [2.75, 3.05) is 7.11 Å². The maximum atomic E-state index is 5.63. The van der Waals surface area contributed by atoms with E-state index in [1.54, 1.807) is 7.11 Å². The predicted molar refractivity (Wildman–Crippen MR) is 79.3 cm³/mol. The van der Waals surface area contributed by atoms with Crippen molar-refractivity contribution in [3.63, 3.8) is 0 Å². The lowest BCUT2D eigenvalue weighted by Crippen LogP contribution is -2.38. The zero-order valence-corrected chi connectivity index (χ0v) is 13.0. The van der Waals surface area contributed by atoms with Crippen LogP contribution in [-0.2, 0) is 11.2 Å². The highest BCUT2D eigenvalue weighted by Gasteiger charge is 2.19. The molecule has 4 heteroatoms. The maximum absolute atomic E-state index is 5.63. The van der Waals surface area contributed by atoms with Gasteiger partial charge in [0.2, 0.25) is 0 Å². The largest absolute Gasteiger partial charge is 0.379 e. The van der Waals surface area contributed by atoms with E-state index >= 15 is 0 Å². The molecule has 1 aromatic carbocycles. The van der Waals surface area contributed by atoms with Crippen LogP contribution < -0.4 is 11.3 Å². The van der Waals surface area contributed by atoms with Crippen molar-refractivity contribution in [2.24, 2.45) is 5.84 Å². The second-order valence-electron chi connectivity index (χ2n) is 5.20. The van der Waals surface area contributed by atoms with E-state index in [0.29, 0.717) is 0 Å². The summed E-state index contributed by atoms with van der Waals surface area (Å²) in [6, 6.07) is 8.60. The molecule has 0 radical (unpaired) electrons. The molecule has 0 saturated carbocycles. The highest BCUT2D eigenvalue weighted by atomic mass is 79.9. The maximum Gasteiger partial charge on any atom is 0.0623 e. The van der Waals surface area contributed by atoms with E-state index in [9.17, 15) is 0 Å². The molecule has 3 N–H and O–H groups in total. The summed E-state index contributed by atoms with van der Waals surface area (Å²) in [6.07, 6.45) is 2.89. The van der Waals surface area contributed by atoms with Gasteiger partial charge in [-0.15, -0.1) is 0 Å². The van der Waals surface area contributed by atoms with E-state index in [1.165, 1.54) is 5.56 Å². The first-order valence-electron chi connectivity index (χ1n) is 6.22. The van der Waals surface area contributed by atoms with Gasteiger partial charge in [-0.3, -0.25) is 11.3 Å². The van der Waals surface area contributed by atoms with Crippen LogP contribution in [0.25, 0.3) is 0 Å². The van der Waals surface area contributed by atoms with Crippen LogP contribution in [0, 0.1) is 0 Å². The summed E-state index contributed by atoms with van der Waals surface area (Å²) in [5, 5.41) is 0. The van der Waals surface area contributed by atoms with Crippen molar-refractivity contribution < 1.29 is 4.74 Å². The van der Waals surface area contributed by atoms with Gasteiger partial charge < -0.3 is 4.74 Å². The summed E-state index contributed by atoms with van der Waals surface area (Å²) in [7, 11) is 1.75. The van der Waals surface area contributed by atoms with Crippen molar-refractivity contribution in [1.82, 2.24) is 5.43 Å². The van der Waals surface area contributed by atoms with Gasteiger partial charge in [0.05, 0.1) is 5.60 Å². The van der Waals surface area contributed by atoms with Crippen LogP contribution in [0.5, 0.6) is 0 Å². The Morgan fingerprint density at radius 1 is 1.44 bits per heavy atom. The average molecular weight is 315 g/mol. The summed E-state index contributed by atoms with van der Waals surface area (Å²) < 4.78 is 6.53. The van der Waals surface area contributed by atoms with Crippen molar-refractivity contribution in [3.8, 4) is 0 Å². The third kappa shape index (κ3) is 5.48. The first-order valence-corrected chi connectivity index (χ1v) is 7.02. The normalized spacial score (nSPS) is 13.6. The minimum absolute atomic E-state index is 0.0909. The number of ether oxygens (including phenoxy) is 1. The highest BCUT2D eigenvalue weighted by Crippen LogP contribution is 2.19. The Hall–Kier alpha value is -0.420. The molecule has 1 atom stereocenters. The van der Waals surface area contributed by atoms with Crippen molar-refractivity contribution in [1.29, 1.82) is 0 Å². The number of halogens is 1. The number of hydrazine groups is 1. The van der Waals surface area contributed by atoms with Crippen molar-refractivity contribution in [2.45, 2.75) is 44.8 Å². The Labute approximate surface area is 118 Å². The van der Waals surface area contributed by atoms with Gasteiger partial charge in [0.15, 0.2) is 0 Å². The van der Waals surface area contributed by atoms with Crippen LogP contribution in [0.15, 0.2) is 28.7 Å². The average Bonchev–Trinajstić information content (AvgIpc) is 2.34. The Kier molecular flexibility index (Phi) is 6.29. The van der Waals surface area contributed by atoms with Crippen LogP contribution in [0.1, 0.15) is 32.3 Å². The van der Waals surface area contributed by atoms with Gasteiger partial charge in [-0.1, -0.05) is 28.1 Å². The summed E-state index contributed by atoms with van der Waals surface area (Å²) >= 11 is 3.48. The first-order chi connectivity index (χ1) is 8.46. The second-order valence-corrected chi connectivity index (χ2v) is 6.12. The topological polar surface area (TPSA) is 47.3 Å². The van der Waals surface area contributed by atoms with Crippen molar-refractivity contribution >= 4 is 15.9 Å². The van der Waals surface area contributed by atoms with E-state index < -0.39 is 0 Å². The number of nitrogens with one attached hydrogen (secondary N) is 1. The minimum atomic E-state index is -0.0909. The Balaban J connectivity index is 2.52. The molecule has 1 unspecified atom stereocenters. The molecule has 0 saturated heterocycles. The molecule has 0 aliphatic carbocycles. The van der Waals surface area contributed by atoms with Gasteiger partial charge in [0.1, 0.15) is 0 Å². The molecule has 18 heavy (non-hydrogen) atoms. The Morgan fingerprint density at radius 3 is 2.72 bits per heavy atom. The number of rotatable bonds is 7. The number of methoxy groups -OCH3 is 1. The quantitative estimate of drug-likeness (QED) is 0.600. The Morgan fingerprint density at radius 2 is 2.17 bits per heavy atom. The molecule has 0 fully saturated rings. The molecule has 102 valence electrons. The Bertz CT molecular complexity index is 369. The van der Waals surface area contributed by atoms with Gasteiger partial charge in [-0.2, -0.15) is 0 Å². The fraction of sp³-hybridized carbons (Fsp3) is 0.571. The molecule has 0 heterocycles. The number of nitrogens with two attached hydrogens (primary N) is 1. The third-order valence-electron chi connectivity index (χ3n) is 3.25. The lowest BCUT2D eigenvalue weighted by Gasteiger charge is -2.25. The zero-order chi connectivity index (χ0) is 13.6. The molecular weight excluding hydrogens is 292 g/mol. The molecular formula is C14H23BrN2O. The van der Waals surface area contributed by atoms with Gasteiger partial charge in [-0.05, 0) is 50.8 Å². The lowest BCUT2D eigenvalue weighted by atomic mass is 9.95. The molecule has 0 spiro atoms. The predicted octanol–water partition coefficient (Wildman–Crippen LogP) is 3.03. The van der Waals surface area contributed by atoms with E-state index in [-0.39, 0.29) is 11.6 Å². The zero-order valence-electron chi connectivity index (χ0n) is 11.4. The van der Waals surface area contributed by atoms with Gasteiger partial charge in [0.25, 0.3) is 0 Å². The molecule has 0 bridgehead atoms. The molecule has 0 aliphatic heterocycles. The molecule has 3 nitrogen and oxygen atoms in total. The molecule has 0 aromatic heterocycles. The molecule has 0 aliphatic rings. The van der Waals surface area contributed by atoms with E-state index in [1.807, 2.05) is 12.1 Å². The van der Waals surface area contributed by atoms with Crippen LogP contribution in [0.3, 0.4) is 0 Å². The monoisotopic (exact) mass is 314 g/mol. The molecule has 1 rings (SSSR count). The lowest BCUT2D eigenvalue weighted by molar-refractivity contribution is 0.0117. The molecule has 0 amide bonds. The number of hydrogen-bond acceptors (Lipinski definition) is 3. The fourth-order valence-corrected chi connectivity index (χ4v) is 2.26. The number of benzene rings is 1. The van der Waals surface area contributed by atoms with Crippen LogP contribution in [0.4, 0.5) is 0 Å². The highest BCUT2D eigenvalue weighted by molar-refractivity contribution is 9.10. The summed E-state index contributed by atoms with van der Waals surface area (Å²) in [5.74, 6) is 5.63. The second kappa shape index (κ2) is 7.24. The summed E-state index contributed by atoms with van der Waals surface area (Å²) in [5.41, 5.74) is 4.09. The molecule has 1 aromatic rings. The standard InChI is InChI=1S/C14H23BrN2O/c1-14(2,18-3)8-7-13(17-16)10-11-5-4-6-12(15)9-11/h4-6,9,13,17H,7-8,10,16H2,1-3H3. The van der Waals surface area contributed by atoms with Crippen LogP contribution in [-0.4, -0.2) is 18.8 Å². The first kappa shape index (κ1) is 15.6. The van der Waals surface area contributed by atoms with E-state index in [4.69, 9.17) is 10.6 Å². The smallest absolute Gasteiger partial charge is 0.0623 e. The minimum Gasteiger partial charge on any atom is -0.379 e. The number of hydrogen-bond donors (Lipinski definition) is 2. The van der Waals surface area contributed by atoms with E-state index in [0.717, 1.165) is 23.7 Å². The van der Waals surface area contributed by atoms with Gasteiger partial charge >= 0.3 is 0 Å². The van der Waals surface area contributed by atoms with E-state index in [2.05, 4.69) is 47.3 Å². The van der Waals surface area contributed by atoms with Crippen LogP contribution in [0.2, 0.25) is 0 Å². The van der Waals surface area contributed by atoms with Gasteiger partial charge in [-0.25, -0.2) is 0 Å². The summed E-state index contributed by atoms with van der Waals surface area (Å²) in [4.78, 5) is 0. The third-order valence-corrected chi connectivity index (χ3v) is 3.75. The van der Waals surface area contributed by atoms with Gasteiger partial charge in [0, 0.05) is 17.6 Å². The summed E-state index contributed by atoms with van der Waals surface area (Å²) in [6.45, 7) is 4.19. The SMILES string of the molecule is COC(C)(C)CCC(Cc1cccc(Br)c1)NN. The fourth-order valence-electron chi connectivity index (χ4n) is 1.82. The van der Waals surface area contributed by atoms with Crippen molar-refractivity contribution in [3.05, 3.63) is 34.3 Å². The van der Waals surface area contributed by atoms with Crippen LogP contribution >= 0.6 is 15.9 Å².